The van der Waals surface area contributed by atoms with Crippen molar-refractivity contribution >= 4 is 65.2 Å². The van der Waals surface area contributed by atoms with Crippen LogP contribution >= 0.6 is 0 Å². The second-order valence-electron chi connectivity index (χ2n) is 21.4. The zero-order valence-electron chi connectivity index (χ0n) is 44.1. The van der Waals surface area contributed by atoms with Crippen LogP contribution in [0.15, 0.2) is 119 Å². The average Bonchev–Trinajstić information content (AvgIpc) is 3.84. The first-order chi connectivity index (χ1) is 35.7. The van der Waals surface area contributed by atoms with Gasteiger partial charge in [-0.3, -0.25) is 32.9 Å². The molecular weight excluding hydrogens is 1030 g/mol. The lowest BCUT2D eigenvalue weighted by Gasteiger charge is -2.27. The molecule has 0 radical (unpaired) electrons. The molecule has 3 aliphatic heterocycles. The van der Waals surface area contributed by atoms with Crippen molar-refractivity contribution in [2.45, 2.75) is 121 Å². The molecule has 4 N–H and O–H groups in total. The number of anilines is 1. The fourth-order valence-corrected chi connectivity index (χ4v) is 12.4. The lowest BCUT2D eigenvalue weighted by molar-refractivity contribution is -0.438. The molecule has 1 atom stereocenters. The van der Waals surface area contributed by atoms with Gasteiger partial charge in [0.25, 0.3) is 30.4 Å². The largest absolute Gasteiger partial charge is 0.457 e. The zero-order valence-corrected chi connectivity index (χ0v) is 46.6. The second kappa shape index (κ2) is 23.5. The summed E-state index contributed by atoms with van der Waals surface area (Å²) in [6.07, 6.45) is 12.3. The molecule has 76 heavy (non-hydrogen) atoms. The number of aryl methyl sites for hydroxylation is 1. The highest BCUT2D eigenvalue weighted by Gasteiger charge is 2.45. The van der Waals surface area contributed by atoms with E-state index in [1.54, 1.807) is 6.07 Å². The third-order valence-electron chi connectivity index (χ3n) is 14.9. The van der Waals surface area contributed by atoms with Crippen LogP contribution in [0.25, 0.3) is 0 Å². The molecule has 410 valence electrons. The summed E-state index contributed by atoms with van der Waals surface area (Å²) in [6, 6.07) is 20.0. The van der Waals surface area contributed by atoms with Crippen molar-refractivity contribution in [3.63, 3.8) is 0 Å². The number of unbranched alkanes of at least 4 members (excludes halogenated alkanes) is 2. The molecule has 1 aliphatic carbocycles. The number of rotatable bonds is 23. The maximum atomic E-state index is 12.9. The Balaban J connectivity index is 1.20. The number of fused-ring (bicyclic) bond motifs is 2. The molecule has 7 rings (SSSR count). The summed E-state index contributed by atoms with van der Waals surface area (Å²) < 4.78 is 109. The van der Waals surface area contributed by atoms with E-state index in [0.29, 0.717) is 68.0 Å². The van der Waals surface area contributed by atoms with E-state index in [1.807, 2.05) is 87.2 Å². The van der Waals surface area contributed by atoms with E-state index in [0.717, 1.165) is 45.8 Å². The summed E-state index contributed by atoms with van der Waals surface area (Å²) in [7, 11) is -12.9. The summed E-state index contributed by atoms with van der Waals surface area (Å²) in [4.78, 5) is 41.1. The lowest BCUT2D eigenvalue weighted by atomic mass is 9.81. The van der Waals surface area contributed by atoms with E-state index in [2.05, 4.69) is 42.0 Å². The average molecular weight is 1100 g/mol. The number of para-hydroxylation sites is 1. The van der Waals surface area contributed by atoms with E-state index < -0.39 is 46.9 Å². The van der Waals surface area contributed by atoms with E-state index in [4.69, 9.17) is 4.74 Å². The molecule has 4 aliphatic rings. The van der Waals surface area contributed by atoms with Gasteiger partial charge in [-0.05, 0) is 129 Å². The lowest BCUT2D eigenvalue weighted by Crippen LogP contribution is -2.39. The number of benzene rings is 3. The van der Waals surface area contributed by atoms with Crippen LogP contribution in [0, 0.1) is 11.8 Å². The zero-order chi connectivity index (χ0) is 55.4. The molecular formula is C56H71N4O13S3+. The number of likely N-dealkylation sites (tertiary alicyclic amines) is 1. The fraction of sp³-hybridized carbons (Fsp3) is 0.464. The molecule has 1 unspecified atom stereocenters. The van der Waals surface area contributed by atoms with Gasteiger partial charge in [0.05, 0.1) is 21.8 Å². The number of carbonyl (C=O) groups is 3. The number of carbonyl (C=O) groups excluding carboxylic acids is 3. The van der Waals surface area contributed by atoms with Crippen LogP contribution in [0.4, 0.5) is 11.4 Å². The third-order valence-corrected chi connectivity index (χ3v) is 17.4. The van der Waals surface area contributed by atoms with Gasteiger partial charge in [0, 0.05) is 79.3 Å². The van der Waals surface area contributed by atoms with Gasteiger partial charge in [-0.25, -0.2) is 0 Å². The number of hydrogen-bond acceptors (Lipinski definition) is 11. The molecule has 0 spiro atoms. The van der Waals surface area contributed by atoms with Crippen LogP contribution in [0.5, 0.6) is 5.75 Å². The molecule has 17 nitrogen and oxygen atoms in total. The number of allylic oxidation sites excluding steroid dienone is 7. The number of amides is 3. The van der Waals surface area contributed by atoms with Crippen LogP contribution in [0.3, 0.4) is 0 Å². The maximum Gasteiger partial charge on any atom is 0.294 e. The van der Waals surface area contributed by atoms with Crippen molar-refractivity contribution < 1.29 is 62.6 Å². The Labute approximate surface area is 447 Å². The minimum atomic E-state index is -4.54. The van der Waals surface area contributed by atoms with Crippen LogP contribution in [0.2, 0.25) is 0 Å². The molecule has 0 bridgehead atoms. The van der Waals surface area contributed by atoms with Gasteiger partial charge >= 0.3 is 0 Å². The Bertz CT molecular complexity index is 3240. The Kier molecular flexibility index (Phi) is 17.9. The normalized spacial score (nSPS) is 19.7. The first-order valence-corrected chi connectivity index (χ1v) is 30.6. The molecule has 0 saturated carbocycles. The number of nitrogens with zero attached hydrogens (tertiary/aromatic N) is 3. The van der Waals surface area contributed by atoms with Crippen LogP contribution in [0.1, 0.15) is 116 Å². The summed E-state index contributed by atoms with van der Waals surface area (Å²) in [6.45, 7) is 13.2. The van der Waals surface area contributed by atoms with Crippen molar-refractivity contribution in [2.75, 3.05) is 42.6 Å². The second-order valence-corrected chi connectivity index (χ2v) is 26.0. The van der Waals surface area contributed by atoms with Gasteiger partial charge in [-0.1, -0.05) is 64.1 Å². The highest BCUT2D eigenvalue weighted by Crippen LogP contribution is 2.49. The first kappa shape index (κ1) is 57.9. The molecule has 1 fully saturated rings. The van der Waals surface area contributed by atoms with Crippen molar-refractivity contribution in [3.8, 4) is 5.75 Å². The van der Waals surface area contributed by atoms with E-state index >= 15 is 0 Å². The molecule has 20 heteroatoms. The third kappa shape index (κ3) is 13.8. The Morgan fingerprint density at radius 1 is 0.803 bits per heavy atom. The number of imide groups is 1. The van der Waals surface area contributed by atoms with Crippen molar-refractivity contribution in [1.29, 1.82) is 0 Å². The van der Waals surface area contributed by atoms with Crippen LogP contribution < -0.4 is 15.0 Å². The van der Waals surface area contributed by atoms with E-state index in [-0.39, 0.29) is 79.0 Å². The topological polar surface area (TPSA) is 245 Å². The summed E-state index contributed by atoms with van der Waals surface area (Å²) in [5.74, 6) is -0.486. The summed E-state index contributed by atoms with van der Waals surface area (Å²) >= 11 is 0. The van der Waals surface area contributed by atoms with Crippen LogP contribution in [-0.2, 0) is 62.0 Å². The van der Waals surface area contributed by atoms with Gasteiger partial charge in [0.1, 0.15) is 18.1 Å². The van der Waals surface area contributed by atoms with Gasteiger partial charge in [0.15, 0.2) is 5.71 Å². The molecule has 3 amide bonds. The first-order valence-electron chi connectivity index (χ1n) is 25.9. The predicted molar refractivity (Wildman–Crippen MR) is 291 cm³/mol. The van der Waals surface area contributed by atoms with E-state index in [9.17, 15) is 53.3 Å². The SMILES string of the molecule is CC(C)C1CC(=O)N(CCNC(=O)CCc2ccc(OC3=C(C=CC4=[N+](CCCCS(=O)(=O)O)c5ccccc5C4(C)C)CCCC3=CC=C3N(CCCCS(=O)(=O)O)c4ccc(S(=O)(=O)O)cc4C3(C)C)cc2)C1=O. The molecule has 0 aromatic heterocycles. The molecule has 3 aromatic carbocycles. The standard InChI is InChI=1S/C56H70N4O13S3/c1-38(2)44-37-52(62)60(54(44)63)33-30-57-51(61)29-20-39-18-23-42(24-19-39)73-53-40(21-27-49-55(3,4)45-16-7-8-17-47(45)58(49)31-9-11-34-74(64,65)66)14-13-15-41(53)22-28-50-56(5,6)46-36-43(76(70,71)72)25-26-48(46)59(50)32-10-12-35-75(67,68)69/h7-8,16-19,21-28,36,38,44H,9-15,20,29-35,37H2,1-6H3,(H3-,57,61,64,65,66,67,68,69,70,71,72)/p+1. The Morgan fingerprint density at radius 2 is 1.49 bits per heavy atom. The van der Waals surface area contributed by atoms with Crippen LogP contribution in [-0.4, -0.2) is 110 Å². The number of ether oxygens (including phenoxy) is 1. The minimum Gasteiger partial charge on any atom is -0.457 e. The fourth-order valence-electron chi connectivity index (χ4n) is 10.7. The van der Waals surface area contributed by atoms with Crippen molar-refractivity contribution in [3.05, 3.63) is 130 Å². The predicted octanol–water partition coefficient (Wildman–Crippen LogP) is 8.41. The quantitative estimate of drug-likeness (QED) is 0.0302. The minimum absolute atomic E-state index is 0.0532. The van der Waals surface area contributed by atoms with Crippen molar-refractivity contribution in [1.82, 2.24) is 10.2 Å². The highest BCUT2D eigenvalue weighted by molar-refractivity contribution is 7.86. The highest BCUT2D eigenvalue weighted by atomic mass is 32.2. The summed E-state index contributed by atoms with van der Waals surface area (Å²) in [5, 5.41) is 2.84. The Hall–Kier alpha value is -5.77. The van der Waals surface area contributed by atoms with Gasteiger partial charge in [0.2, 0.25) is 23.4 Å². The summed E-state index contributed by atoms with van der Waals surface area (Å²) in [5.41, 5.74) is 6.69. The Morgan fingerprint density at radius 3 is 2.14 bits per heavy atom. The molecule has 3 aromatic rings. The molecule has 1 saturated heterocycles. The molecule has 3 heterocycles. The maximum absolute atomic E-state index is 12.9. The monoisotopic (exact) mass is 1100 g/mol. The number of nitrogens with one attached hydrogen (secondary N) is 1. The smallest absolute Gasteiger partial charge is 0.294 e. The van der Waals surface area contributed by atoms with Crippen molar-refractivity contribution in [2.24, 2.45) is 11.8 Å². The number of hydrogen-bond donors (Lipinski definition) is 4. The van der Waals surface area contributed by atoms with Gasteiger partial charge < -0.3 is 15.0 Å². The van der Waals surface area contributed by atoms with E-state index in [1.165, 1.54) is 17.0 Å². The van der Waals surface area contributed by atoms with Gasteiger partial charge in [-0.2, -0.15) is 29.8 Å². The van der Waals surface area contributed by atoms with Gasteiger partial charge in [-0.15, -0.1) is 0 Å².